The lowest BCUT2D eigenvalue weighted by molar-refractivity contribution is -0.136. The summed E-state index contributed by atoms with van der Waals surface area (Å²) in [5.74, 6) is -0.575. The van der Waals surface area contributed by atoms with E-state index in [0.29, 0.717) is 25.2 Å². The van der Waals surface area contributed by atoms with Crippen LogP contribution in [0.25, 0.3) is 10.9 Å². The molecule has 7 heteroatoms. The Morgan fingerprint density at radius 1 is 0.914 bits per heavy atom. The van der Waals surface area contributed by atoms with E-state index in [9.17, 15) is 9.59 Å². The molecule has 3 aromatic rings. The normalized spacial score (nSPS) is 16.8. The van der Waals surface area contributed by atoms with E-state index in [0.717, 1.165) is 61.3 Å². The van der Waals surface area contributed by atoms with Crippen LogP contribution in [-0.2, 0) is 29.0 Å². The second-order valence-corrected chi connectivity index (χ2v) is 9.27. The number of aromatic nitrogens is 1. The van der Waals surface area contributed by atoms with Crippen LogP contribution in [0.5, 0.6) is 0 Å². The van der Waals surface area contributed by atoms with Gasteiger partial charge >= 0.3 is 5.97 Å². The van der Waals surface area contributed by atoms with Crippen LogP contribution < -0.4 is 0 Å². The van der Waals surface area contributed by atoms with Crippen molar-refractivity contribution in [1.29, 1.82) is 0 Å². The number of hydrogen-bond acceptors (Lipinski definition) is 6. The van der Waals surface area contributed by atoms with Gasteiger partial charge in [-0.15, -0.1) is 0 Å². The highest BCUT2D eigenvalue weighted by Crippen LogP contribution is 2.29. The number of para-hydroxylation sites is 1. The third kappa shape index (κ3) is 5.21. The van der Waals surface area contributed by atoms with Crippen molar-refractivity contribution >= 4 is 22.8 Å². The SMILES string of the molecule is CCN1CCN(C(=O)COC(=O)c2c3c(nc4ccccc24)CCN(Cc2ccccc2)C3)CC1. The number of rotatable bonds is 6. The Kier molecular flexibility index (Phi) is 7.06. The zero-order chi connectivity index (χ0) is 24.2. The molecule has 5 rings (SSSR count). The van der Waals surface area contributed by atoms with Crippen LogP contribution in [0.3, 0.4) is 0 Å². The van der Waals surface area contributed by atoms with Crippen LogP contribution in [0.1, 0.15) is 34.1 Å². The first-order chi connectivity index (χ1) is 17.1. The molecular formula is C28H32N4O3. The van der Waals surface area contributed by atoms with Crippen LogP contribution in [-0.4, -0.2) is 77.4 Å². The molecule has 0 saturated carbocycles. The summed E-state index contributed by atoms with van der Waals surface area (Å²) in [5.41, 5.74) is 4.44. The maximum atomic E-state index is 13.4. The third-order valence-corrected chi connectivity index (χ3v) is 7.08. The number of ether oxygens (including phenoxy) is 1. The number of fused-ring (bicyclic) bond motifs is 2. The Bertz CT molecular complexity index is 1210. The van der Waals surface area contributed by atoms with Crippen molar-refractivity contribution in [3.05, 3.63) is 77.0 Å². The Morgan fingerprint density at radius 2 is 1.66 bits per heavy atom. The van der Waals surface area contributed by atoms with E-state index in [1.165, 1.54) is 5.56 Å². The van der Waals surface area contributed by atoms with Crippen LogP contribution in [0.4, 0.5) is 0 Å². The highest BCUT2D eigenvalue weighted by atomic mass is 16.5. The summed E-state index contributed by atoms with van der Waals surface area (Å²) in [4.78, 5) is 37.5. The number of nitrogens with zero attached hydrogens (tertiary/aromatic N) is 4. The van der Waals surface area contributed by atoms with Crippen molar-refractivity contribution in [3.8, 4) is 0 Å². The number of pyridine rings is 1. The lowest BCUT2D eigenvalue weighted by Crippen LogP contribution is -2.49. The van der Waals surface area contributed by atoms with Gasteiger partial charge in [-0.1, -0.05) is 55.5 Å². The van der Waals surface area contributed by atoms with Crippen molar-refractivity contribution in [2.24, 2.45) is 0 Å². The average molecular weight is 473 g/mol. The third-order valence-electron chi connectivity index (χ3n) is 7.08. The summed E-state index contributed by atoms with van der Waals surface area (Å²) in [6, 6.07) is 18.0. The summed E-state index contributed by atoms with van der Waals surface area (Å²) in [5, 5.41) is 0.779. The number of likely N-dealkylation sites (N-methyl/N-ethyl adjacent to an activating group) is 1. The molecule has 3 heterocycles. The summed E-state index contributed by atoms with van der Waals surface area (Å²) < 4.78 is 5.63. The molecule has 1 aromatic heterocycles. The topological polar surface area (TPSA) is 66.0 Å². The van der Waals surface area contributed by atoms with Gasteiger partial charge in [-0.3, -0.25) is 14.7 Å². The van der Waals surface area contributed by atoms with Crippen LogP contribution in [0.15, 0.2) is 54.6 Å². The minimum Gasteiger partial charge on any atom is -0.452 e. The Balaban J connectivity index is 1.35. The van der Waals surface area contributed by atoms with Crippen molar-refractivity contribution < 1.29 is 14.3 Å². The van der Waals surface area contributed by atoms with Crippen molar-refractivity contribution in [2.75, 3.05) is 45.9 Å². The number of esters is 1. The predicted molar refractivity (Wildman–Crippen MR) is 135 cm³/mol. The molecule has 1 amide bonds. The molecule has 0 bridgehead atoms. The van der Waals surface area contributed by atoms with Gasteiger partial charge < -0.3 is 14.5 Å². The number of hydrogen-bond donors (Lipinski definition) is 0. The maximum absolute atomic E-state index is 13.4. The monoisotopic (exact) mass is 472 g/mol. The summed E-state index contributed by atoms with van der Waals surface area (Å²) >= 11 is 0. The molecule has 0 unspecified atom stereocenters. The first-order valence-electron chi connectivity index (χ1n) is 12.5. The molecule has 0 N–H and O–H groups in total. The van der Waals surface area contributed by atoms with E-state index in [-0.39, 0.29) is 12.5 Å². The number of piperazine rings is 1. The van der Waals surface area contributed by atoms with E-state index in [2.05, 4.69) is 28.9 Å². The molecule has 0 aliphatic carbocycles. The number of carbonyl (C=O) groups excluding carboxylic acids is 2. The molecular weight excluding hydrogens is 440 g/mol. The van der Waals surface area contributed by atoms with Gasteiger partial charge in [0.2, 0.25) is 0 Å². The Hall–Kier alpha value is -3.29. The van der Waals surface area contributed by atoms with E-state index in [1.54, 1.807) is 4.90 Å². The number of carbonyl (C=O) groups is 2. The van der Waals surface area contributed by atoms with Gasteiger partial charge in [-0.2, -0.15) is 0 Å². The van der Waals surface area contributed by atoms with Crippen LogP contribution in [0.2, 0.25) is 0 Å². The van der Waals surface area contributed by atoms with Gasteiger partial charge in [0.25, 0.3) is 5.91 Å². The van der Waals surface area contributed by atoms with Gasteiger partial charge in [0.1, 0.15) is 0 Å². The van der Waals surface area contributed by atoms with Gasteiger partial charge in [-0.25, -0.2) is 4.79 Å². The van der Waals surface area contributed by atoms with E-state index < -0.39 is 5.97 Å². The minimum atomic E-state index is -0.443. The predicted octanol–water partition coefficient (Wildman–Crippen LogP) is 3.11. The molecule has 2 aliphatic rings. The molecule has 0 atom stereocenters. The zero-order valence-electron chi connectivity index (χ0n) is 20.3. The molecule has 1 saturated heterocycles. The fourth-order valence-corrected chi connectivity index (χ4v) is 5.06. The lowest BCUT2D eigenvalue weighted by Gasteiger charge is -2.34. The molecule has 2 aliphatic heterocycles. The first kappa shape index (κ1) is 23.5. The fourth-order valence-electron chi connectivity index (χ4n) is 5.06. The molecule has 2 aromatic carbocycles. The Morgan fingerprint density at radius 3 is 2.43 bits per heavy atom. The largest absolute Gasteiger partial charge is 0.452 e. The standard InChI is InChI=1S/C28H32N4O3/c1-2-30-14-16-32(17-15-30)26(33)20-35-28(34)27-22-10-6-7-11-24(22)29-25-12-13-31(19-23(25)27)18-21-8-4-3-5-9-21/h3-11H,2,12-20H2,1H3. The van der Waals surface area contributed by atoms with Crippen molar-refractivity contribution in [3.63, 3.8) is 0 Å². The molecule has 0 spiro atoms. The number of amides is 1. The van der Waals surface area contributed by atoms with Gasteiger partial charge in [0.15, 0.2) is 6.61 Å². The van der Waals surface area contributed by atoms with E-state index in [4.69, 9.17) is 9.72 Å². The summed E-state index contributed by atoms with van der Waals surface area (Å²) in [6.07, 6.45) is 0.772. The molecule has 1 fully saturated rings. The smallest absolute Gasteiger partial charge is 0.339 e. The summed E-state index contributed by atoms with van der Waals surface area (Å²) in [7, 11) is 0. The molecule has 182 valence electrons. The Labute approximate surface area is 206 Å². The number of benzene rings is 2. The van der Waals surface area contributed by atoms with Gasteiger partial charge in [0, 0.05) is 68.9 Å². The zero-order valence-corrected chi connectivity index (χ0v) is 20.3. The van der Waals surface area contributed by atoms with E-state index >= 15 is 0 Å². The molecule has 0 radical (unpaired) electrons. The van der Waals surface area contributed by atoms with Crippen LogP contribution >= 0.6 is 0 Å². The first-order valence-corrected chi connectivity index (χ1v) is 12.5. The van der Waals surface area contributed by atoms with Crippen molar-refractivity contribution in [1.82, 2.24) is 19.7 Å². The lowest BCUT2D eigenvalue weighted by atomic mass is 9.95. The fraction of sp³-hybridized carbons (Fsp3) is 0.393. The van der Waals surface area contributed by atoms with Gasteiger partial charge in [-0.05, 0) is 18.2 Å². The molecule has 35 heavy (non-hydrogen) atoms. The maximum Gasteiger partial charge on any atom is 0.339 e. The second kappa shape index (κ2) is 10.5. The molecule has 7 nitrogen and oxygen atoms in total. The van der Waals surface area contributed by atoms with Gasteiger partial charge in [0.05, 0.1) is 11.1 Å². The van der Waals surface area contributed by atoms with E-state index in [1.807, 2.05) is 42.5 Å². The highest BCUT2D eigenvalue weighted by Gasteiger charge is 2.28. The quantitative estimate of drug-likeness (QED) is 0.514. The van der Waals surface area contributed by atoms with Crippen molar-refractivity contribution in [2.45, 2.75) is 26.4 Å². The minimum absolute atomic E-state index is 0.132. The van der Waals surface area contributed by atoms with Crippen LogP contribution in [0, 0.1) is 0 Å². The highest BCUT2D eigenvalue weighted by molar-refractivity contribution is 6.05. The summed E-state index contributed by atoms with van der Waals surface area (Å²) in [6.45, 7) is 8.25. The average Bonchev–Trinajstić information content (AvgIpc) is 2.91. The second-order valence-electron chi connectivity index (χ2n) is 9.27.